The highest BCUT2D eigenvalue weighted by molar-refractivity contribution is 5.83. The molecule has 1 amide bonds. The number of hydrogen-bond donors (Lipinski definition) is 1. The summed E-state index contributed by atoms with van der Waals surface area (Å²) in [5, 5.41) is 0. The van der Waals surface area contributed by atoms with E-state index in [4.69, 9.17) is 5.73 Å². The number of piperidine rings is 1. The fourth-order valence-electron chi connectivity index (χ4n) is 3.52. The highest BCUT2D eigenvalue weighted by Gasteiger charge is 2.40. The largest absolute Gasteiger partial charge is 0.342 e. The van der Waals surface area contributed by atoms with E-state index in [-0.39, 0.29) is 10.8 Å². The Morgan fingerprint density at radius 1 is 1.26 bits per heavy atom. The first-order valence-electron chi connectivity index (χ1n) is 7.90. The van der Waals surface area contributed by atoms with Crippen molar-refractivity contribution in [2.75, 3.05) is 19.6 Å². The zero-order valence-electron chi connectivity index (χ0n) is 13.3. The lowest BCUT2D eigenvalue weighted by Gasteiger charge is -2.43. The quantitative estimate of drug-likeness (QED) is 0.804. The van der Waals surface area contributed by atoms with Crippen molar-refractivity contribution in [2.45, 2.75) is 66.2 Å². The summed E-state index contributed by atoms with van der Waals surface area (Å²) in [5.74, 6) is 0.312. The minimum Gasteiger partial charge on any atom is -0.342 e. The van der Waals surface area contributed by atoms with Crippen LogP contribution in [0.25, 0.3) is 0 Å². The molecule has 112 valence electrons. The lowest BCUT2D eigenvalue weighted by atomic mass is 9.76. The van der Waals surface area contributed by atoms with Crippen LogP contribution >= 0.6 is 0 Å². The van der Waals surface area contributed by atoms with E-state index >= 15 is 0 Å². The molecule has 0 bridgehead atoms. The van der Waals surface area contributed by atoms with Gasteiger partial charge in [0.15, 0.2) is 0 Å². The molecule has 1 aliphatic rings. The molecule has 19 heavy (non-hydrogen) atoms. The Hall–Kier alpha value is -0.570. The monoisotopic (exact) mass is 268 g/mol. The second-order valence-electron chi connectivity index (χ2n) is 6.98. The van der Waals surface area contributed by atoms with E-state index in [2.05, 4.69) is 32.6 Å². The molecule has 0 spiro atoms. The van der Waals surface area contributed by atoms with Gasteiger partial charge in [0.25, 0.3) is 0 Å². The molecule has 0 radical (unpaired) electrons. The van der Waals surface area contributed by atoms with Crippen LogP contribution in [0, 0.1) is 10.8 Å². The predicted molar refractivity (Wildman–Crippen MR) is 80.9 cm³/mol. The van der Waals surface area contributed by atoms with E-state index < -0.39 is 0 Å². The molecule has 0 aromatic heterocycles. The standard InChI is InChI=1S/C16H32N2O/c1-5-8-16(12-17,9-6-2)14(19)18-11-7-10-15(3,4)13-18/h5-13,17H2,1-4H3. The molecule has 1 aliphatic heterocycles. The van der Waals surface area contributed by atoms with Crippen molar-refractivity contribution in [3.05, 3.63) is 0 Å². The maximum atomic E-state index is 13.0. The van der Waals surface area contributed by atoms with Gasteiger partial charge in [-0.05, 0) is 31.1 Å². The SMILES string of the molecule is CCCC(CN)(CCC)C(=O)N1CCCC(C)(C)C1. The summed E-state index contributed by atoms with van der Waals surface area (Å²) in [5.41, 5.74) is 5.96. The molecular formula is C16H32N2O. The van der Waals surface area contributed by atoms with Crippen molar-refractivity contribution in [1.29, 1.82) is 0 Å². The van der Waals surface area contributed by atoms with Gasteiger partial charge in [0, 0.05) is 19.6 Å². The molecule has 2 N–H and O–H groups in total. The third-order valence-electron chi connectivity index (χ3n) is 4.49. The normalized spacial score (nSPS) is 19.5. The first-order chi connectivity index (χ1) is 8.90. The Balaban J connectivity index is 2.86. The van der Waals surface area contributed by atoms with Crippen LogP contribution in [0.15, 0.2) is 0 Å². The Labute approximate surface area is 118 Å². The third-order valence-corrected chi connectivity index (χ3v) is 4.49. The smallest absolute Gasteiger partial charge is 0.230 e. The molecule has 1 rings (SSSR count). The number of carbonyl (C=O) groups is 1. The van der Waals surface area contributed by atoms with E-state index in [1.165, 1.54) is 6.42 Å². The minimum absolute atomic E-state index is 0.257. The van der Waals surface area contributed by atoms with Gasteiger partial charge in [-0.2, -0.15) is 0 Å². The molecule has 0 aromatic rings. The van der Waals surface area contributed by atoms with E-state index in [1.54, 1.807) is 0 Å². The highest BCUT2D eigenvalue weighted by atomic mass is 16.2. The van der Waals surface area contributed by atoms with Crippen molar-refractivity contribution in [3.8, 4) is 0 Å². The summed E-state index contributed by atoms with van der Waals surface area (Å²) in [4.78, 5) is 15.0. The summed E-state index contributed by atoms with van der Waals surface area (Å²) >= 11 is 0. The van der Waals surface area contributed by atoms with E-state index in [9.17, 15) is 4.79 Å². The molecule has 0 aliphatic carbocycles. The molecule has 1 fully saturated rings. The van der Waals surface area contributed by atoms with Crippen molar-refractivity contribution in [3.63, 3.8) is 0 Å². The number of amides is 1. The van der Waals surface area contributed by atoms with Crippen LogP contribution in [0.2, 0.25) is 0 Å². The van der Waals surface area contributed by atoms with Gasteiger partial charge in [0.05, 0.1) is 5.41 Å². The first kappa shape index (κ1) is 16.5. The topological polar surface area (TPSA) is 46.3 Å². The molecular weight excluding hydrogens is 236 g/mol. The zero-order valence-corrected chi connectivity index (χ0v) is 13.3. The molecule has 1 saturated heterocycles. The lowest BCUT2D eigenvalue weighted by molar-refractivity contribution is -0.146. The van der Waals surface area contributed by atoms with Crippen LogP contribution in [0.5, 0.6) is 0 Å². The van der Waals surface area contributed by atoms with E-state index in [1.807, 2.05) is 0 Å². The van der Waals surface area contributed by atoms with Gasteiger partial charge in [0.2, 0.25) is 5.91 Å². The van der Waals surface area contributed by atoms with Crippen molar-refractivity contribution in [1.82, 2.24) is 4.90 Å². The zero-order chi connectivity index (χ0) is 14.5. The maximum Gasteiger partial charge on any atom is 0.230 e. The van der Waals surface area contributed by atoms with Crippen LogP contribution in [0.4, 0.5) is 0 Å². The van der Waals surface area contributed by atoms with Gasteiger partial charge in [-0.15, -0.1) is 0 Å². The maximum absolute atomic E-state index is 13.0. The number of hydrogen-bond acceptors (Lipinski definition) is 2. The van der Waals surface area contributed by atoms with Crippen LogP contribution in [-0.4, -0.2) is 30.4 Å². The average molecular weight is 268 g/mol. The average Bonchev–Trinajstić information content (AvgIpc) is 2.36. The van der Waals surface area contributed by atoms with Gasteiger partial charge in [-0.1, -0.05) is 40.5 Å². The molecule has 0 aromatic carbocycles. The number of nitrogens with two attached hydrogens (primary N) is 1. The second-order valence-corrected chi connectivity index (χ2v) is 6.98. The van der Waals surface area contributed by atoms with Crippen LogP contribution in [0.3, 0.4) is 0 Å². The van der Waals surface area contributed by atoms with Crippen LogP contribution < -0.4 is 5.73 Å². The minimum atomic E-state index is -0.309. The molecule has 3 heteroatoms. The summed E-state index contributed by atoms with van der Waals surface area (Å²) in [6.07, 6.45) is 6.24. The Morgan fingerprint density at radius 3 is 2.26 bits per heavy atom. The fourth-order valence-corrected chi connectivity index (χ4v) is 3.52. The Bertz CT molecular complexity index is 293. The number of rotatable bonds is 6. The van der Waals surface area contributed by atoms with Crippen molar-refractivity contribution < 1.29 is 4.79 Å². The molecule has 0 saturated carbocycles. The van der Waals surface area contributed by atoms with Gasteiger partial charge in [0.1, 0.15) is 0 Å². The summed E-state index contributed by atoms with van der Waals surface area (Å²) < 4.78 is 0. The van der Waals surface area contributed by atoms with Crippen LogP contribution in [-0.2, 0) is 4.79 Å². The lowest BCUT2D eigenvalue weighted by Crippen LogP contribution is -2.52. The molecule has 3 nitrogen and oxygen atoms in total. The second kappa shape index (κ2) is 6.74. The third kappa shape index (κ3) is 3.95. The molecule has 1 heterocycles. The molecule has 0 atom stereocenters. The first-order valence-corrected chi connectivity index (χ1v) is 7.90. The van der Waals surface area contributed by atoms with Gasteiger partial charge < -0.3 is 10.6 Å². The summed E-state index contributed by atoms with van der Waals surface area (Å²) in [6.45, 7) is 11.1. The number of likely N-dealkylation sites (tertiary alicyclic amines) is 1. The summed E-state index contributed by atoms with van der Waals surface area (Å²) in [6, 6.07) is 0. The van der Waals surface area contributed by atoms with Gasteiger partial charge in [-0.25, -0.2) is 0 Å². The molecule has 0 unspecified atom stereocenters. The Kier molecular flexibility index (Phi) is 5.84. The predicted octanol–water partition coefficient (Wildman–Crippen LogP) is 3.18. The summed E-state index contributed by atoms with van der Waals surface area (Å²) in [7, 11) is 0. The van der Waals surface area contributed by atoms with E-state index in [0.29, 0.717) is 12.5 Å². The number of nitrogens with zero attached hydrogens (tertiary/aromatic N) is 1. The van der Waals surface area contributed by atoms with Gasteiger partial charge >= 0.3 is 0 Å². The highest BCUT2D eigenvalue weighted by Crippen LogP contribution is 2.35. The van der Waals surface area contributed by atoms with Crippen molar-refractivity contribution in [2.24, 2.45) is 16.6 Å². The number of carbonyl (C=O) groups excluding carboxylic acids is 1. The van der Waals surface area contributed by atoms with Crippen molar-refractivity contribution >= 4 is 5.91 Å². The van der Waals surface area contributed by atoms with Crippen LogP contribution in [0.1, 0.15) is 66.2 Å². The van der Waals surface area contributed by atoms with Gasteiger partial charge in [-0.3, -0.25) is 4.79 Å². The van der Waals surface area contributed by atoms with E-state index in [0.717, 1.165) is 45.2 Å². The fraction of sp³-hybridized carbons (Fsp3) is 0.938. The Morgan fingerprint density at radius 2 is 1.84 bits per heavy atom.